The van der Waals surface area contributed by atoms with Gasteiger partial charge >= 0.3 is 0 Å². The van der Waals surface area contributed by atoms with E-state index in [2.05, 4.69) is 21.9 Å². The Kier molecular flexibility index (Phi) is 2.73. The molecular formula is C13H17N3O. The van der Waals surface area contributed by atoms with Crippen molar-refractivity contribution in [2.75, 3.05) is 20.1 Å². The normalized spacial score (nSPS) is 18.6. The quantitative estimate of drug-likeness (QED) is 0.860. The highest BCUT2D eigenvalue weighted by molar-refractivity contribution is 5.81. The fraction of sp³-hybridized carbons (Fsp3) is 0.462. The van der Waals surface area contributed by atoms with Crippen molar-refractivity contribution < 1.29 is 4.74 Å². The first-order valence-electron chi connectivity index (χ1n) is 6.10. The molecule has 0 spiro atoms. The van der Waals surface area contributed by atoms with E-state index in [1.807, 2.05) is 18.2 Å². The molecule has 0 atom stereocenters. The molecule has 0 saturated carbocycles. The number of hydrogen-bond acceptors (Lipinski definition) is 3. The molecule has 17 heavy (non-hydrogen) atoms. The van der Waals surface area contributed by atoms with Crippen LogP contribution in [0.1, 0.15) is 12.8 Å². The van der Waals surface area contributed by atoms with Gasteiger partial charge in [-0.3, -0.25) is 0 Å². The van der Waals surface area contributed by atoms with Gasteiger partial charge in [-0.05, 0) is 32.0 Å². The van der Waals surface area contributed by atoms with Crippen LogP contribution in [0.3, 0.4) is 0 Å². The predicted molar refractivity (Wildman–Crippen MR) is 67.2 cm³/mol. The first-order valence-corrected chi connectivity index (χ1v) is 6.10. The van der Waals surface area contributed by atoms with E-state index in [1.54, 1.807) is 6.33 Å². The van der Waals surface area contributed by atoms with E-state index < -0.39 is 0 Å². The first kappa shape index (κ1) is 10.6. The van der Waals surface area contributed by atoms with E-state index in [0.717, 1.165) is 42.7 Å². The van der Waals surface area contributed by atoms with Crippen LogP contribution in [0.2, 0.25) is 0 Å². The number of H-pyrrole nitrogens is 1. The maximum absolute atomic E-state index is 6.07. The molecule has 1 saturated heterocycles. The molecule has 2 aromatic rings. The zero-order chi connectivity index (χ0) is 11.7. The number of benzene rings is 1. The van der Waals surface area contributed by atoms with Crippen LogP contribution >= 0.6 is 0 Å². The third kappa shape index (κ3) is 2.13. The molecule has 0 aliphatic carbocycles. The minimum atomic E-state index is 0.327. The second kappa shape index (κ2) is 4.37. The van der Waals surface area contributed by atoms with Crippen LogP contribution in [0.25, 0.3) is 11.0 Å². The molecule has 0 bridgehead atoms. The van der Waals surface area contributed by atoms with E-state index >= 15 is 0 Å². The zero-order valence-corrected chi connectivity index (χ0v) is 10.0. The van der Waals surface area contributed by atoms with Crippen LogP contribution in [-0.2, 0) is 0 Å². The molecule has 1 aliphatic rings. The van der Waals surface area contributed by atoms with E-state index in [1.165, 1.54) is 0 Å². The van der Waals surface area contributed by atoms with Gasteiger partial charge in [-0.2, -0.15) is 0 Å². The fourth-order valence-corrected chi connectivity index (χ4v) is 2.32. The molecule has 1 N–H and O–H groups in total. The van der Waals surface area contributed by atoms with Crippen molar-refractivity contribution >= 4 is 11.0 Å². The number of imidazole rings is 1. The number of likely N-dealkylation sites (tertiary alicyclic amines) is 1. The molecule has 0 amide bonds. The number of aromatic nitrogens is 2. The van der Waals surface area contributed by atoms with Crippen molar-refractivity contribution in [3.63, 3.8) is 0 Å². The summed E-state index contributed by atoms with van der Waals surface area (Å²) < 4.78 is 6.07. The highest BCUT2D eigenvalue weighted by Gasteiger charge is 2.19. The zero-order valence-electron chi connectivity index (χ0n) is 10.0. The van der Waals surface area contributed by atoms with Crippen LogP contribution < -0.4 is 4.74 Å². The summed E-state index contributed by atoms with van der Waals surface area (Å²) in [5, 5.41) is 0. The summed E-state index contributed by atoms with van der Waals surface area (Å²) in [6, 6.07) is 6.02. The van der Waals surface area contributed by atoms with Crippen LogP contribution in [-0.4, -0.2) is 41.1 Å². The standard InChI is InChI=1S/C13H17N3O/c1-16-7-5-10(6-8-16)17-12-4-2-3-11-13(12)15-9-14-11/h2-4,9-10H,5-8H2,1H3,(H,14,15). The highest BCUT2D eigenvalue weighted by Crippen LogP contribution is 2.25. The molecule has 4 nitrogen and oxygen atoms in total. The summed E-state index contributed by atoms with van der Waals surface area (Å²) in [5.74, 6) is 0.901. The van der Waals surface area contributed by atoms with E-state index in [9.17, 15) is 0 Å². The van der Waals surface area contributed by atoms with Crippen molar-refractivity contribution in [2.45, 2.75) is 18.9 Å². The topological polar surface area (TPSA) is 41.1 Å². The van der Waals surface area contributed by atoms with Crippen LogP contribution in [0.5, 0.6) is 5.75 Å². The molecule has 1 fully saturated rings. The van der Waals surface area contributed by atoms with E-state index in [4.69, 9.17) is 4.74 Å². The Hall–Kier alpha value is -1.55. The van der Waals surface area contributed by atoms with Crippen LogP contribution in [0.4, 0.5) is 0 Å². The van der Waals surface area contributed by atoms with Crippen LogP contribution in [0, 0.1) is 0 Å². The second-order valence-electron chi connectivity index (χ2n) is 4.68. The Morgan fingerprint density at radius 3 is 3.00 bits per heavy atom. The number of piperidine rings is 1. The van der Waals surface area contributed by atoms with Crippen molar-refractivity contribution in [2.24, 2.45) is 0 Å². The molecule has 0 unspecified atom stereocenters. The molecule has 2 heterocycles. The summed E-state index contributed by atoms with van der Waals surface area (Å²) in [6.45, 7) is 2.22. The number of nitrogens with zero attached hydrogens (tertiary/aromatic N) is 2. The minimum absolute atomic E-state index is 0.327. The molecule has 3 rings (SSSR count). The average Bonchev–Trinajstić information content (AvgIpc) is 2.81. The lowest BCUT2D eigenvalue weighted by molar-refractivity contribution is 0.115. The largest absolute Gasteiger partial charge is 0.488 e. The van der Waals surface area contributed by atoms with Gasteiger partial charge in [0.15, 0.2) is 0 Å². The first-order chi connectivity index (χ1) is 8.33. The Bertz CT molecular complexity index is 500. The number of para-hydroxylation sites is 1. The number of ether oxygens (including phenoxy) is 1. The van der Waals surface area contributed by atoms with Gasteiger partial charge in [0.05, 0.1) is 11.8 Å². The SMILES string of the molecule is CN1CCC(Oc2cccc3[nH]cnc23)CC1. The molecule has 0 radical (unpaired) electrons. The monoisotopic (exact) mass is 231 g/mol. The molecule has 1 aromatic heterocycles. The Morgan fingerprint density at radius 1 is 1.35 bits per heavy atom. The van der Waals surface area contributed by atoms with Gasteiger partial charge in [0.25, 0.3) is 0 Å². The lowest BCUT2D eigenvalue weighted by Gasteiger charge is -2.29. The smallest absolute Gasteiger partial charge is 0.147 e. The van der Waals surface area contributed by atoms with Gasteiger partial charge in [-0.1, -0.05) is 6.07 Å². The fourth-order valence-electron chi connectivity index (χ4n) is 2.32. The third-order valence-electron chi connectivity index (χ3n) is 3.37. The molecule has 1 aliphatic heterocycles. The van der Waals surface area contributed by atoms with Gasteiger partial charge in [0.2, 0.25) is 0 Å². The minimum Gasteiger partial charge on any atom is -0.488 e. The van der Waals surface area contributed by atoms with Gasteiger partial charge in [-0.15, -0.1) is 0 Å². The van der Waals surface area contributed by atoms with Gasteiger partial charge < -0.3 is 14.6 Å². The number of fused-ring (bicyclic) bond motifs is 1. The van der Waals surface area contributed by atoms with Crippen molar-refractivity contribution in [3.05, 3.63) is 24.5 Å². The Labute approximate surface area is 101 Å². The highest BCUT2D eigenvalue weighted by atomic mass is 16.5. The van der Waals surface area contributed by atoms with Gasteiger partial charge in [-0.25, -0.2) is 4.98 Å². The molecule has 4 heteroatoms. The molecule has 1 aromatic carbocycles. The van der Waals surface area contributed by atoms with Crippen molar-refractivity contribution in [3.8, 4) is 5.75 Å². The van der Waals surface area contributed by atoms with Gasteiger partial charge in [0.1, 0.15) is 17.4 Å². The van der Waals surface area contributed by atoms with E-state index in [-0.39, 0.29) is 0 Å². The lowest BCUT2D eigenvalue weighted by Crippen LogP contribution is -2.35. The van der Waals surface area contributed by atoms with Crippen molar-refractivity contribution in [1.29, 1.82) is 0 Å². The third-order valence-corrected chi connectivity index (χ3v) is 3.37. The average molecular weight is 231 g/mol. The number of rotatable bonds is 2. The maximum atomic E-state index is 6.07. The number of nitrogens with one attached hydrogen (secondary N) is 1. The van der Waals surface area contributed by atoms with Crippen molar-refractivity contribution in [1.82, 2.24) is 14.9 Å². The second-order valence-corrected chi connectivity index (χ2v) is 4.68. The number of hydrogen-bond donors (Lipinski definition) is 1. The summed E-state index contributed by atoms with van der Waals surface area (Å²) in [5.41, 5.74) is 1.97. The number of aromatic amines is 1. The summed E-state index contributed by atoms with van der Waals surface area (Å²) in [7, 11) is 2.16. The van der Waals surface area contributed by atoms with E-state index in [0.29, 0.717) is 6.10 Å². The lowest BCUT2D eigenvalue weighted by atomic mass is 10.1. The van der Waals surface area contributed by atoms with Gasteiger partial charge in [0, 0.05) is 13.1 Å². The maximum Gasteiger partial charge on any atom is 0.147 e. The molecule has 90 valence electrons. The van der Waals surface area contributed by atoms with Crippen LogP contribution in [0.15, 0.2) is 24.5 Å². The summed E-state index contributed by atoms with van der Waals surface area (Å²) in [4.78, 5) is 9.76. The predicted octanol–water partition coefficient (Wildman–Crippen LogP) is 2.04. The Balaban J connectivity index is 1.78. The summed E-state index contributed by atoms with van der Waals surface area (Å²) >= 11 is 0. The Morgan fingerprint density at radius 2 is 2.18 bits per heavy atom. The molecular weight excluding hydrogens is 214 g/mol. The summed E-state index contributed by atoms with van der Waals surface area (Å²) in [6.07, 6.45) is 4.23.